The van der Waals surface area contributed by atoms with Gasteiger partial charge >= 0.3 is 12.3 Å². The molecule has 7 heteroatoms. The molecule has 0 bridgehead atoms. The zero-order chi connectivity index (χ0) is 20.9. The highest BCUT2D eigenvalue weighted by atomic mass is 19.4. The van der Waals surface area contributed by atoms with Crippen LogP contribution in [0.5, 0.6) is 0 Å². The highest BCUT2D eigenvalue weighted by Crippen LogP contribution is 2.29. The smallest absolute Gasteiger partial charge is 0.416 e. The molecule has 0 aliphatic carbocycles. The van der Waals surface area contributed by atoms with Crippen molar-refractivity contribution in [1.29, 1.82) is 5.26 Å². The van der Waals surface area contributed by atoms with Crippen molar-refractivity contribution in [3.63, 3.8) is 0 Å². The predicted molar refractivity (Wildman–Crippen MR) is 98.1 cm³/mol. The van der Waals surface area contributed by atoms with E-state index in [9.17, 15) is 18.0 Å². The number of benzene rings is 2. The first kappa shape index (κ1) is 21.3. The standard InChI is InChI=1S/C21H21F3N2O2/c1-20(2,3)26(13-16-6-4-15(12-25)5-7-16)19(27)28-14-17-8-10-18(11-9-17)21(22,23)24/h4-11H,13-14H2,1-3H3. The monoisotopic (exact) mass is 390 g/mol. The van der Waals surface area contributed by atoms with Gasteiger partial charge in [-0.3, -0.25) is 4.90 Å². The van der Waals surface area contributed by atoms with E-state index in [0.29, 0.717) is 11.1 Å². The van der Waals surface area contributed by atoms with E-state index in [2.05, 4.69) is 0 Å². The molecule has 2 aromatic carbocycles. The van der Waals surface area contributed by atoms with E-state index < -0.39 is 23.4 Å². The minimum Gasteiger partial charge on any atom is -0.445 e. The molecule has 0 aliphatic heterocycles. The van der Waals surface area contributed by atoms with Crippen LogP contribution in [0, 0.1) is 11.3 Å². The van der Waals surface area contributed by atoms with Gasteiger partial charge in [-0.25, -0.2) is 4.79 Å². The van der Waals surface area contributed by atoms with E-state index in [1.807, 2.05) is 26.8 Å². The number of rotatable bonds is 4. The van der Waals surface area contributed by atoms with Crippen LogP contribution < -0.4 is 0 Å². The number of carbonyl (C=O) groups is 1. The number of nitriles is 1. The van der Waals surface area contributed by atoms with Crippen LogP contribution in [0.1, 0.15) is 43.0 Å². The topological polar surface area (TPSA) is 53.3 Å². The summed E-state index contributed by atoms with van der Waals surface area (Å²) >= 11 is 0. The fourth-order valence-corrected chi connectivity index (χ4v) is 2.46. The van der Waals surface area contributed by atoms with Gasteiger partial charge in [-0.15, -0.1) is 0 Å². The lowest BCUT2D eigenvalue weighted by Gasteiger charge is -2.34. The summed E-state index contributed by atoms with van der Waals surface area (Å²) in [7, 11) is 0. The van der Waals surface area contributed by atoms with E-state index in [1.165, 1.54) is 17.0 Å². The molecule has 4 nitrogen and oxygen atoms in total. The van der Waals surface area contributed by atoms with Crippen molar-refractivity contribution in [2.45, 2.75) is 45.6 Å². The molecule has 0 radical (unpaired) electrons. The van der Waals surface area contributed by atoms with Gasteiger partial charge in [-0.1, -0.05) is 24.3 Å². The van der Waals surface area contributed by atoms with E-state index in [1.54, 1.807) is 24.3 Å². The summed E-state index contributed by atoms with van der Waals surface area (Å²) in [6.45, 7) is 5.72. The Morgan fingerprint density at radius 3 is 2.00 bits per heavy atom. The van der Waals surface area contributed by atoms with Crippen LogP contribution in [-0.4, -0.2) is 16.5 Å². The minimum atomic E-state index is -4.40. The average Bonchev–Trinajstić information content (AvgIpc) is 2.63. The Bertz CT molecular complexity index is 846. The fourth-order valence-electron chi connectivity index (χ4n) is 2.46. The molecule has 0 fully saturated rings. The number of halogens is 3. The number of hydrogen-bond donors (Lipinski definition) is 0. The number of amides is 1. The lowest BCUT2D eigenvalue weighted by atomic mass is 10.0. The first-order valence-electron chi connectivity index (χ1n) is 8.60. The second-order valence-corrected chi connectivity index (χ2v) is 7.31. The molecule has 2 aromatic rings. The molecule has 0 aliphatic rings. The van der Waals surface area contributed by atoms with Crippen LogP contribution in [0.25, 0.3) is 0 Å². The predicted octanol–water partition coefficient (Wildman–Crippen LogP) is 5.51. The zero-order valence-electron chi connectivity index (χ0n) is 15.9. The van der Waals surface area contributed by atoms with Gasteiger partial charge < -0.3 is 4.74 Å². The van der Waals surface area contributed by atoms with Gasteiger partial charge in [0, 0.05) is 12.1 Å². The summed E-state index contributed by atoms with van der Waals surface area (Å²) in [5.41, 5.74) is 0.537. The molecule has 0 unspecified atom stereocenters. The molecule has 1 amide bonds. The van der Waals surface area contributed by atoms with Crippen LogP contribution in [0.15, 0.2) is 48.5 Å². The second-order valence-electron chi connectivity index (χ2n) is 7.31. The summed E-state index contributed by atoms with van der Waals surface area (Å²) < 4.78 is 43.2. The summed E-state index contributed by atoms with van der Waals surface area (Å²) in [5.74, 6) is 0. The Labute approximate surface area is 162 Å². The Balaban J connectivity index is 2.05. The van der Waals surface area contributed by atoms with Crippen molar-refractivity contribution in [3.05, 3.63) is 70.8 Å². The number of carbonyl (C=O) groups excluding carboxylic acids is 1. The zero-order valence-corrected chi connectivity index (χ0v) is 15.9. The van der Waals surface area contributed by atoms with E-state index in [-0.39, 0.29) is 13.2 Å². The molecule has 0 saturated heterocycles. The molecule has 28 heavy (non-hydrogen) atoms. The third kappa shape index (κ3) is 5.74. The number of alkyl halides is 3. The SMILES string of the molecule is CC(C)(C)N(Cc1ccc(C#N)cc1)C(=O)OCc1ccc(C(F)(F)F)cc1. The summed E-state index contributed by atoms with van der Waals surface area (Å²) in [4.78, 5) is 14.1. The van der Waals surface area contributed by atoms with Gasteiger partial charge in [0.2, 0.25) is 0 Å². The molecule has 0 heterocycles. The van der Waals surface area contributed by atoms with Crippen LogP contribution in [0.4, 0.5) is 18.0 Å². The fraction of sp³-hybridized carbons (Fsp3) is 0.333. The number of ether oxygens (including phenoxy) is 1. The first-order chi connectivity index (χ1) is 13.0. The maximum absolute atomic E-state index is 12.6. The van der Waals surface area contributed by atoms with Crippen LogP contribution in [0.2, 0.25) is 0 Å². The van der Waals surface area contributed by atoms with Crippen molar-refractivity contribution in [3.8, 4) is 6.07 Å². The van der Waals surface area contributed by atoms with Gasteiger partial charge in [0.25, 0.3) is 0 Å². The third-order valence-corrected chi connectivity index (χ3v) is 4.10. The van der Waals surface area contributed by atoms with Gasteiger partial charge in [-0.2, -0.15) is 18.4 Å². The summed E-state index contributed by atoms with van der Waals surface area (Å²) in [6, 6.07) is 13.4. The van der Waals surface area contributed by atoms with Gasteiger partial charge in [-0.05, 0) is 56.2 Å². The Morgan fingerprint density at radius 2 is 1.54 bits per heavy atom. The minimum absolute atomic E-state index is 0.128. The Kier molecular flexibility index (Phi) is 6.34. The van der Waals surface area contributed by atoms with Crippen molar-refractivity contribution in [2.24, 2.45) is 0 Å². The molecule has 0 saturated carbocycles. The van der Waals surface area contributed by atoms with Crippen molar-refractivity contribution < 1.29 is 22.7 Å². The number of nitrogens with zero attached hydrogens (tertiary/aromatic N) is 2. The summed E-state index contributed by atoms with van der Waals surface area (Å²) in [5, 5.41) is 8.87. The van der Waals surface area contributed by atoms with Crippen molar-refractivity contribution in [1.82, 2.24) is 4.90 Å². The highest BCUT2D eigenvalue weighted by molar-refractivity contribution is 5.68. The number of hydrogen-bond acceptors (Lipinski definition) is 3. The molecule has 2 rings (SSSR count). The molecular formula is C21H21F3N2O2. The van der Waals surface area contributed by atoms with Crippen LogP contribution >= 0.6 is 0 Å². The third-order valence-electron chi connectivity index (χ3n) is 4.10. The Hall–Kier alpha value is -3.01. The van der Waals surface area contributed by atoms with Gasteiger partial charge in [0.1, 0.15) is 6.61 Å². The van der Waals surface area contributed by atoms with Gasteiger partial charge in [0.05, 0.1) is 17.2 Å². The first-order valence-corrected chi connectivity index (χ1v) is 8.60. The normalized spacial score (nSPS) is 11.6. The van der Waals surface area contributed by atoms with E-state index in [0.717, 1.165) is 17.7 Å². The highest BCUT2D eigenvalue weighted by Gasteiger charge is 2.30. The lowest BCUT2D eigenvalue weighted by Crippen LogP contribution is -2.45. The van der Waals surface area contributed by atoms with Crippen LogP contribution in [0.3, 0.4) is 0 Å². The second kappa shape index (κ2) is 8.34. The lowest BCUT2D eigenvalue weighted by molar-refractivity contribution is -0.137. The quantitative estimate of drug-likeness (QED) is 0.691. The van der Waals surface area contributed by atoms with Crippen molar-refractivity contribution >= 4 is 6.09 Å². The maximum atomic E-state index is 12.6. The maximum Gasteiger partial charge on any atom is 0.416 e. The summed E-state index contributed by atoms with van der Waals surface area (Å²) in [6.07, 6.45) is -4.98. The van der Waals surface area contributed by atoms with Crippen molar-refractivity contribution in [2.75, 3.05) is 0 Å². The molecule has 0 atom stereocenters. The largest absolute Gasteiger partial charge is 0.445 e. The van der Waals surface area contributed by atoms with Gasteiger partial charge in [0.15, 0.2) is 0 Å². The molecular weight excluding hydrogens is 369 g/mol. The molecule has 0 spiro atoms. The average molecular weight is 390 g/mol. The molecule has 148 valence electrons. The Morgan fingerprint density at radius 1 is 1.00 bits per heavy atom. The van der Waals surface area contributed by atoms with E-state index in [4.69, 9.17) is 10.00 Å². The van der Waals surface area contributed by atoms with Crippen LogP contribution in [-0.2, 0) is 24.1 Å². The molecule has 0 N–H and O–H groups in total. The molecule has 0 aromatic heterocycles. The van der Waals surface area contributed by atoms with E-state index >= 15 is 0 Å².